The largest absolute Gasteiger partial charge is 0.469 e. The van der Waals surface area contributed by atoms with Gasteiger partial charge in [0.05, 0.1) is 13.5 Å². The predicted molar refractivity (Wildman–Crippen MR) is 67.1 cm³/mol. The van der Waals surface area contributed by atoms with Crippen molar-refractivity contribution in [3.8, 4) is 5.95 Å². The van der Waals surface area contributed by atoms with Gasteiger partial charge in [0.2, 0.25) is 11.2 Å². The van der Waals surface area contributed by atoms with E-state index in [1.807, 2.05) is 0 Å². The van der Waals surface area contributed by atoms with E-state index in [2.05, 4.69) is 30.1 Å². The molecule has 2 aromatic rings. The molecule has 0 bridgehead atoms. The van der Waals surface area contributed by atoms with Crippen LogP contribution in [0.15, 0.2) is 18.5 Å². The zero-order valence-electron chi connectivity index (χ0n) is 10.1. The molecule has 0 saturated heterocycles. The zero-order valence-corrected chi connectivity index (χ0v) is 10.8. The van der Waals surface area contributed by atoms with Crippen molar-refractivity contribution in [3.63, 3.8) is 0 Å². The number of hydrogen-bond donors (Lipinski definition) is 1. The highest BCUT2D eigenvalue weighted by atomic mass is 35.5. The number of carbonyl (C=O) groups is 1. The second kappa shape index (κ2) is 6.10. The first kappa shape index (κ1) is 13.2. The van der Waals surface area contributed by atoms with Crippen LogP contribution in [0.5, 0.6) is 0 Å². The Morgan fingerprint density at radius 3 is 3.00 bits per heavy atom. The molecule has 2 heterocycles. The third kappa shape index (κ3) is 3.62. The monoisotopic (exact) mass is 282 g/mol. The van der Waals surface area contributed by atoms with Crippen LogP contribution in [0.3, 0.4) is 0 Å². The summed E-state index contributed by atoms with van der Waals surface area (Å²) in [4.78, 5) is 22.9. The van der Waals surface area contributed by atoms with Crippen LogP contribution in [-0.2, 0) is 9.53 Å². The number of halogens is 1. The van der Waals surface area contributed by atoms with Gasteiger partial charge in [0, 0.05) is 18.9 Å². The fourth-order valence-corrected chi connectivity index (χ4v) is 1.44. The van der Waals surface area contributed by atoms with Gasteiger partial charge in [-0.25, -0.2) is 4.68 Å². The summed E-state index contributed by atoms with van der Waals surface area (Å²) in [5.41, 5.74) is 0. The Labute approximate surface area is 113 Å². The van der Waals surface area contributed by atoms with Crippen molar-refractivity contribution in [1.82, 2.24) is 24.7 Å². The molecule has 9 heteroatoms. The van der Waals surface area contributed by atoms with Crippen LogP contribution in [0.1, 0.15) is 6.42 Å². The second-order valence-corrected chi connectivity index (χ2v) is 3.77. The van der Waals surface area contributed by atoms with Gasteiger partial charge in [0.1, 0.15) is 0 Å². The van der Waals surface area contributed by atoms with Crippen LogP contribution in [0, 0.1) is 0 Å². The summed E-state index contributed by atoms with van der Waals surface area (Å²) >= 11 is 5.80. The topological polar surface area (TPSA) is 94.8 Å². The minimum absolute atomic E-state index is 0.0427. The van der Waals surface area contributed by atoms with Gasteiger partial charge in [-0.1, -0.05) is 0 Å². The van der Waals surface area contributed by atoms with Crippen LogP contribution in [0.2, 0.25) is 5.28 Å². The summed E-state index contributed by atoms with van der Waals surface area (Å²) in [6.45, 7) is 0.339. The van der Waals surface area contributed by atoms with Crippen molar-refractivity contribution in [2.75, 3.05) is 19.0 Å². The molecule has 0 spiro atoms. The normalized spacial score (nSPS) is 10.2. The van der Waals surface area contributed by atoms with E-state index in [1.54, 1.807) is 18.5 Å². The van der Waals surface area contributed by atoms with Crippen molar-refractivity contribution in [3.05, 3.63) is 23.7 Å². The number of nitrogens with one attached hydrogen (secondary N) is 1. The Morgan fingerprint density at radius 2 is 2.32 bits per heavy atom. The first-order valence-corrected chi connectivity index (χ1v) is 5.79. The van der Waals surface area contributed by atoms with Gasteiger partial charge in [-0.05, 0) is 17.7 Å². The van der Waals surface area contributed by atoms with E-state index in [0.717, 1.165) is 0 Å². The maximum atomic E-state index is 11.0. The summed E-state index contributed by atoms with van der Waals surface area (Å²) in [7, 11) is 1.33. The number of esters is 1. The predicted octanol–water partition coefficient (Wildman–Crippen LogP) is 0.686. The number of ether oxygens (including phenoxy) is 1. The standard InChI is InChI=1S/C10H11ClN6O2/c1-19-7(18)3-5-12-9-14-8(11)15-10(16-9)17-6-2-4-13-17/h2,4,6H,3,5H2,1H3,(H,12,14,15,16). The van der Waals surface area contributed by atoms with E-state index in [-0.39, 0.29) is 23.6 Å². The van der Waals surface area contributed by atoms with Crippen molar-refractivity contribution >= 4 is 23.5 Å². The quantitative estimate of drug-likeness (QED) is 0.806. The molecule has 2 aromatic heterocycles. The highest BCUT2D eigenvalue weighted by molar-refractivity contribution is 6.28. The first-order chi connectivity index (χ1) is 9.19. The number of rotatable bonds is 5. The lowest BCUT2D eigenvalue weighted by atomic mass is 10.4. The molecular formula is C10H11ClN6O2. The summed E-state index contributed by atoms with van der Waals surface area (Å²) in [5, 5.41) is 6.90. The first-order valence-electron chi connectivity index (χ1n) is 5.41. The minimum atomic E-state index is -0.319. The number of anilines is 1. The molecule has 8 nitrogen and oxygen atoms in total. The molecule has 0 saturated carbocycles. The lowest BCUT2D eigenvalue weighted by Crippen LogP contribution is -2.13. The van der Waals surface area contributed by atoms with E-state index >= 15 is 0 Å². The van der Waals surface area contributed by atoms with Gasteiger partial charge < -0.3 is 10.1 Å². The van der Waals surface area contributed by atoms with E-state index in [4.69, 9.17) is 11.6 Å². The van der Waals surface area contributed by atoms with Gasteiger partial charge >= 0.3 is 5.97 Å². The highest BCUT2D eigenvalue weighted by Gasteiger charge is 2.07. The molecule has 2 rings (SSSR count). The molecule has 0 amide bonds. The smallest absolute Gasteiger partial charge is 0.307 e. The average molecular weight is 283 g/mol. The second-order valence-electron chi connectivity index (χ2n) is 3.43. The Balaban J connectivity index is 2.07. The molecule has 19 heavy (non-hydrogen) atoms. The molecule has 0 aliphatic heterocycles. The van der Waals surface area contributed by atoms with Crippen molar-refractivity contribution in [1.29, 1.82) is 0 Å². The number of hydrogen-bond acceptors (Lipinski definition) is 7. The molecule has 0 aliphatic carbocycles. The summed E-state index contributed by atoms with van der Waals surface area (Å²) in [6.07, 6.45) is 3.49. The molecule has 1 N–H and O–H groups in total. The van der Waals surface area contributed by atoms with Gasteiger partial charge in [-0.2, -0.15) is 20.1 Å². The maximum absolute atomic E-state index is 11.0. The van der Waals surface area contributed by atoms with Gasteiger partial charge in [0.25, 0.3) is 5.95 Å². The lowest BCUT2D eigenvalue weighted by molar-refractivity contribution is -0.140. The Kier molecular flexibility index (Phi) is 4.24. The molecule has 0 atom stereocenters. The zero-order chi connectivity index (χ0) is 13.7. The van der Waals surface area contributed by atoms with Gasteiger partial charge in [0.15, 0.2) is 0 Å². The Morgan fingerprint density at radius 1 is 1.47 bits per heavy atom. The SMILES string of the molecule is COC(=O)CCNc1nc(Cl)nc(-n2cccn2)n1. The van der Waals surface area contributed by atoms with Crippen LogP contribution < -0.4 is 5.32 Å². The lowest BCUT2D eigenvalue weighted by Gasteiger charge is -2.06. The average Bonchev–Trinajstić information content (AvgIpc) is 2.91. The van der Waals surface area contributed by atoms with Crippen LogP contribution in [0.4, 0.5) is 5.95 Å². The van der Waals surface area contributed by atoms with Crippen molar-refractivity contribution in [2.45, 2.75) is 6.42 Å². The summed E-state index contributed by atoms with van der Waals surface area (Å²) in [5.74, 6) is 0.250. The Bertz CT molecular complexity index is 559. The number of methoxy groups -OCH3 is 1. The molecular weight excluding hydrogens is 272 g/mol. The fraction of sp³-hybridized carbons (Fsp3) is 0.300. The third-order valence-corrected chi connectivity index (χ3v) is 2.31. The molecule has 0 fully saturated rings. The number of aromatic nitrogens is 5. The Hall–Kier alpha value is -2.22. The third-order valence-electron chi connectivity index (χ3n) is 2.15. The van der Waals surface area contributed by atoms with E-state index in [9.17, 15) is 4.79 Å². The molecule has 0 unspecified atom stereocenters. The van der Waals surface area contributed by atoms with E-state index in [0.29, 0.717) is 12.5 Å². The van der Waals surface area contributed by atoms with Crippen LogP contribution in [-0.4, -0.2) is 44.4 Å². The van der Waals surface area contributed by atoms with Crippen molar-refractivity contribution in [2.24, 2.45) is 0 Å². The van der Waals surface area contributed by atoms with Crippen molar-refractivity contribution < 1.29 is 9.53 Å². The number of nitrogens with zero attached hydrogens (tertiary/aromatic N) is 5. The van der Waals surface area contributed by atoms with Crippen LogP contribution in [0.25, 0.3) is 5.95 Å². The van der Waals surface area contributed by atoms with Gasteiger partial charge in [-0.3, -0.25) is 4.79 Å². The number of carbonyl (C=O) groups excluding carboxylic acids is 1. The van der Waals surface area contributed by atoms with E-state index < -0.39 is 0 Å². The summed E-state index contributed by atoms with van der Waals surface area (Å²) < 4.78 is 5.98. The van der Waals surface area contributed by atoms with Crippen LogP contribution >= 0.6 is 11.6 Å². The molecule has 100 valence electrons. The molecule has 0 aromatic carbocycles. The molecule has 0 radical (unpaired) electrons. The maximum Gasteiger partial charge on any atom is 0.307 e. The highest BCUT2D eigenvalue weighted by Crippen LogP contribution is 2.08. The minimum Gasteiger partial charge on any atom is -0.469 e. The summed E-state index contributed by atoms with van der Waals surface area (Å²) in [6, 6.07) is 1.74. The fourth-order valence-electron chi connectivity index (χ4n) is 1.29. The van der Waals surface area contributed by atoms with E-state index in [1.165, 1.54) is 11.8 Å². The van der Waals surface area contributed by atoms with Gasteiger partial charge in [-0.15, -0.1) is 0 Å². The molecule has 0 aliphatic rings.